The van der Waals surface area contributed by atoms with E-state index in [1.54, 1.807) is 0 Å². The van der Waals surface area contributed by atoms with E-state index in [2.05, 4.69) is 29.7 Å². The molecule has 0 aromatic heterocycles. The summed E-state index contributed by atoms with van der Waals surface area (Å²) in [6, 6.07) is 25.8. The van der Waals surface area contributed by atoms with Crippen molar-refractivity contribution in [3.8, 4) is 11.5 Å². The van der Waals surface area contributed by atoms with Gasteiger partial charge in [0.2, 0.25) is 0 Å². The third kappa shape index (κ3) is 12.0. The van der Waals surface area contributed by atoms with Crippen LogP contribution < -0.4 is 15.4 Å². The zero-order valence-corrected chi connectivity index (χ0v) is 23.2. The zero-order chi connectivity index (χ0) is 26.7. The fourth-order valence-corrected chi connectivity index (χ4v) is 4.44. The number of carbonyl (C=O) groups is 1. The summed E-state index contributed by atoms with van der Waals surface area (Å²) in [6.45, 7) is 4.44. The van der Waals surface area contributed by atoms with Gasteiger partial charge >= 0.3 is 0 Å². The number of hydrogen-bond donors (Lipinski definition) is 1. The summed E-state index contributed by atoms with van der Waals surface area (Å²) >= 11 is 0. The van der Waals surface area contributed by atoms with Crippen molar-refractivity contribution in [3.05, 3.63) is 95.6 Å². The first-order chi connectivity index (χ1) is 18.7. The Labute approximate surface area is 230 Å². The second-order valence-electron chi connectivity index (χ2n) is 10.0. The van der Waals surface area contributed by atoms with Gasteiger partial charge in [0.25, 0.3) is 5.91 Å². The molecule has 0 spiro atoms. The van der Waals surface area contributed by atoms with Crippen LogP contribution in [0.25, 0.3) is 0 Å². The van der Waals surface area contributed by atoms with E-state index < -0.39 is 0 Å². The average molecular weight is 514 g/mol. The van der Waals surface area contributed by atoms with E-state index >= 15 is 0 Å². The molecule has 0 aliphatic rings. The molecule has 203 valence electrons. The largest absolute Gasteiger partial charge is 0.457 e. The topological polar surface area (TPSA) is 52.4 Å². The summed E-state index contributed by atoms with van der Waals surface area (Å²) in [6.07, 6.45) is 13.9. The molecule has 0 aliphatic heterocycles. The molecule has 0 heterocycles. The Bertz CT molecular complexity index is 1020. The number of unbranched alkanes of at least 4 members (excludes halogenated alkanes) is 9. The van der Waals surface area contributed by atoms with Crippen molar-refractivity contribution in [2.75, 3.05) is 13.1 Å². The first kappa shape index (κ1) is 29.4. The van der Waals surface area contributed by atoms with E-state index in [4.69, 9.17) is 4.74 Å². The van der Waals surface area contributed by atoms with Crippen LogP contribution >= 0.6 is 0 Å². The number of carbonyl (C=O) groups excluding carboxylic acids is 1. The lowest BCUT2D eigenvalue weighted by Gasteiger charge is -2.08. The molecule has 0 atom stereocenters. The normalized spacial score (nSPS) is 10.9. The van der Waals surface area contributed by atoms with Gasteiger partial charge in [0.1, 0.15) is 11.5 Å². The SMILES string of the molecule is CCCCCCCCCCCCNC(=O)c1ccc(C[N]CCc2ccc(Oc3ccccc3)cc2)cc1. The molecule has 0 aliphatic carbocycles. The fourth-order valence-electron chi connectivity index (χ4n) is 4.44. The maximum Gasteiger partial charge on any atom is 0.251 e. The predicted octanol–water partition coefficient (Wildman–Crippen LogP) is 8.48. The molecule has 0 unspecified atom stereocenters. The first-order valence-electron chi connectivity index (χ1n) is 14.6. The Hall–Kier alpha value is -3.11. The molecule has 4 heteroatoms. The van der Waals surface area contributed by atoms with Gasteiger partial charge in [-0.3, -0.25) is 4.79 Å². The fraction of sp³-hybridized carbons (Fsp3) is 0.441. The van der Waals surface area contributed by atoms with Crippen LogP contribution in [0.15, 0.2) is 78.9 Å². The van der Waals surface area contributed by atoms with E-state index in [0.29, 0.717) is 6.54 Å². The maximum absolute atomic E-state index is 12.4. The first-order valence-corrected chi connectivity index (χ1v) is 14.6. The number of hydrogen-bond acceptors (Lipinski definition) is 2. The summed E-state index contributed by atoms with van der Waals surface area (Å²) in [4.78, 5) is 12.4. The maximum atomic E-state index is 12.4. The monoisotopic (exact) mass is 513 g/mol. The third-order valence-corrected chi connectivity index (χ3v) is 6.79. The second kappa shape index (κ2) is 18.2. The average Bonchev–Trinajstić information content (AvgIpc) is 2.95. The number of rotatable bonds is 19. The van der Waals surface area contributed by atoms with Crippen molar-refractivity contribution in [1.29, 1.82) is 0 Å². The molecular weight excluding hydrogens is 468 g/mol. The highest BCUT2D eigenvalue weighted by atomic mass is 16.5. The summed E-state index contributed by atoms with van der Waals surface area (Å²) in [5.41, 5.74) is 3.09. The molecule has 3 rings (SSSR count). The Morgan fingerprint density at radius 2 is 1.26 bits per heavy atom. The lowest BCUT2D eigenvalue weighted by molar-refractivity contribution is 0.0953. The van der Waals surface area contributed by atoms with Crippen LogP contribution in [-0.2, 0) is 13.0 Å². The van der Waals surface area contributed by atoms with E-state index in [-0.39, 0.29) is 5.91 Å². The highest BCUT2D eigenvalue weighted by molar-refractivity contribution is 5.94. The van der Waals surface area contributed by atoms with Crippen molar-refractivity contribution >= 4 is 5.91 Å². The van der Waals surface area contributed by atoms with Crippen LogP contribution in [0.3, 0.4) is 0 Å². The van der Waals surface area contributed by atoms with Crippen molar-refractivity contribution in [1.82, 2.24) is 10.6 Å². The second-order valence-corrected chi connectivity index (χ2v) is 10.0. The smallest absolute Gasteiger partial charge is 0.251 e. The minimum atomic E-state index is 0.0177. The van der Waals surface area contributed by atoms with Gasteiger partial charge in [-0.15, -0.1) is 0 Å². The predicted molar refractivity (Wildman–Crippen MR) is 158 cm³/mol. The van der Waals surface area contributed by atoms with Gasteiger partial charge in [0, 0.05) is 25.2 Å². The molecule has 4 nitrogen and oxygen atoms in total. The van der Waals surface area contributed by atoms with Crippen molar-refractivity contribution in [3.63, 3.8) is 0 Å². The van der Waals surface area contributed by atoms with Crippen LogP contribution in [0.1, 0.15) is 92.6 Å². The highest BCUT2D eigenvalue weighted by Gasteiger charge is 2.05. The van der Waals surface area contributed by atoms with Gasteiger partial charge < -0.3 is 10.1 Å². The molecule has 3 aromatic carbocycles. The Morgan fingerprint density at radius 1 is 0.684 bits per heavy atom. The summed E-state index contributed by atoms with van der Waals surface area (Å²) in [5.74, 6) is 1.70. The molecule has 38 heavy (non-hydrogen) atoms. The number of nitrogens with zero attached hydrogens (tertiary/aromatic N) is 1. The van der Waals surface area contributed by atoms with Gasteiger partial charge in [-0.1, -0.05) is 107 Å². The number of ether oxygens (including phenoxy) is 1. The number of nitrogens with one attached hydrogen (secondary N) is 1. The minimum absolute atomic E-state index is 0.0177. The van der Waals surface area contributed by atoms with Gasteiger partial charge in [0.05, 0.1) is 0 Å². The Morgan fingerprint density at radius 3 is 1.92 bits per heavy atom. The highest BCUT2D eigenvalue weighted by Crippen LogP contribution is 2.21. The molecular formula is C34H45N2O2. The summed E-state index contributed by atoms with van der Waals surface area (Å²) < 4.78 is 5.85. The standard InChI is InChI=1S/C34H45N2O2/c1-2-3-4-5-6-7-8-9-10-14-26-36-34(37)31-21-17-30(18-22-31)28-35-27-25-29-19-23-33(24-20-29)38-32-15-12-11-13-16-32/h11-13,15-24H,2-10,14,25-28H2,1H3,(H,36,37). The van der Waals surface area contributed by atoms with Crippen LogP contribution in [0.4, 0.5) is 0 Å². The van der Waals surface area contributed by atoms with E-state index in [1.165, 1.54) is 63.4 Å². The van der Waals surface area contributed by atoms with Gasteiger partial charge in [-0.2, -0.15) is 0 Å². The molecule has 0 saturated carbocycles. The zero-order valence-electron chi connectivity index (χ0n) is 23.2. The van der Waals surface area contributed by atoms with Crippen LogP contribution in [0.5, 0.6) is 11.5 Å². The van der Waals surface area contributed by atoms with Crippen molar-refractivity contribution in [2.24, 2.45) is 0 Å². The van der Waals surface area contributed by atoms with Crippen LogP contribution in [-0.4, -0.2) is 19.0 Å². The number of benzene rings is 3. The lowest BCUT2D eigenvalue weighted by atomic mass is 10.1. The quantitative estimate of drug-likeness (QED) is 0.163. The van der Waals surface area contributed by atoms with Crippen LogP contribution in [0, 0.1) is 0 Å². The molecule has 0 fully saturated rings. The summed E-state index contributed by atoms with van der Waals surface area (Å²) in [5, 5.41) is 7.74. The molecule has 0 bridgehead atoms. The molecule has 3 aromatic rings. The van der Waals surface area contributed by atoms with Crippen molar-refractivity contribution in [2.45, 2.75) is 84.1 Å². The third-order valence-electron chi connectivity index (χ3n) is 6.79. The van der Waals surface area contributed by atoms with Gasteiger partial charge in [-0.05, 0) is 60.4 Å². The van der Waals surface area contributed by atoms with Gasteiger partial charge in [0.15, 0.2) is 0 Å². The molecule has 1 radical (unpaired) electrons. The Kier molecular flexibility index (Phi) is 14.1. The lowest BCUT2D eigenvalue weighted by Crippen LogP contribution is -2.24. The van der Waals surface area contributed by atoms with E-state index in [0.717, 1.165) is 48.6 Å². The number of amides is 1. The van der Waals surface area contributed by atoms with E-state index in [1.807, 2.05) is 66.7 Å². The summed E-state index contributed by atoms with van der Waals surface area (Å²) in [7, 11) is 0. The van der Waals surface area contributed by atoms with E-state index in [9.17, 15) is 4.79 Å². The van der Waals surface area contributed by atoms with Gasteiger partial charge in [-0.25, -0.2) is 5.32 Å². The number of para-hydroxylation sites is 1. The molecule has 0 saturated heterocycles. The minimum Gasteiger partial charge on any atom is -0.457 e. The van der Waals surface area contributed by atoms with Crippen molar-refractivity contribution < 1.29 is 9.53 Å². The Balaban J connectivity index is 1.23. The molecule has 1 N–H and O–H groups in total. The van der Waals surface area contributed by atoms with Crippen LogP contribution in [0.2, 0.25) is 0 Å². The molecule has 1 amide bonds.